The Labute approximate surface area is 190 Å². The van der Waals surface area contributed by atoms with E-state index >= 15 is 0 Å². The molecule has 2 aliphatic rings. The van der Waals surface area contributed by atoms with E-state index in [2.05, 4.69) is 130 Å². The van der Waals surface area contributed by atoms with Crippen LogP contribution in [0.5, 0.6) is 0 Å². The Morgan fingerprint density at radius 1 is 1.03 bits per heavy atom. The summed E-state index contributed by atoms with van der Waals surface area (Å²) in [6.07, 6.45) is 30.1. The zero-order chi connectivity index (χ0) is 21.7. The predicted octanol–water partition coefficient (Wildman–Crippen LogP) is 6.66. The van der Waals surface area contributed by atoms with Gasteiger partial charge in [-0.05, 0) is 41.7 Å². The molecule has 1 heterocycles. The van der Waals surface area contributed by atoms with Crippen molar-refractivity contribution in [3.05, 3.63) is 122 Å². The first-order valence-corrected chi connectivity index (χ1v) is 11.9. The van der Waals surface area contributed by atoms with Gasteiger partial charge in [-0.25, -0.2) is 0 Å². The van der Waals surface area contributed by atoms with Crippen molar-refractivity contribution < 1.29 is 0 Å². The standard InChI is InChI=1S/C30H30S/c1-4-5-7-16-26-27-17-11-20-30(3,25-14-8-6-9-15-25)22-29(27)31-28(26)21-24-13-10-12-23(2)18-19-24/h4-20,22-23H,21H2,1-3H3/b5-4-,16-7-/t23-,30?/m1/s1. The highest BCUT2D eigenvalue weighted by molar-refractivity contribution is 7.10. The fourth-order valence-corrected chi connectivity index (χ4v) is 5.46. The number of fused-ring (bicyclic) bond motifs is 1. The molecule has 0 fully saturated rings. The molecule has 1 heteroatoms. The number of hydrogen-bond acceptors (Lipinski definition) is 1. The zero-order valence-corrected chi connectivity index (χ0v) is 19.4. The molecule has 31 heavy (non-hydrogen) atoms. The average molecular weight is 423 g/mol. The van der Waals surface area contributed by atoms with Gasteiger partial charge in [-0.3, -0.25) is 0 Å². The van der Waals surface area contributed by atoms with Crippen LogP contribution in [0.4, 0.5) is 0 Å². The second-order valence-corrected chi connectivity index (χ2v) is 9.58. The molecule has 0 saturated carbocycles. The molecule has 0 spiro atoms. The van der Waals surface area contributed by atoms with Gasteiger partial charge in [0.2, 0.25) is 0 Å². The summed E-state index contributed by atoms with van der Waals surface area (Å²) in [5.74, 6) is 0.487. The molecule has 4 rings (SSSR count). The van der Waals surface area contributed by atoms with Gasteiger partial charge < -0.3 is 0 Å². The van der Waals surface area contributed by atoms with Gasteiger partial charge in [-0.1, -0.05) is 116 Å². The van der Waals surface area contributed by atoms with E-state index in [1.165, 1.54) is 31.3 Å². The first-order valence-electron chi connectivity index (χ1n) is 11.0. The molecule has 0 radical (unpaired) electrons. The Hall–Kier alpha value is -2.90. The maximum absolute atomic E-state index is 2.44. The van der Waals surface area contributed by atoms with Crippen molar-refractivity contribution in [2.24, 2.45) is 5.92 Å². The summed E-state index contributed by atoms with van der Waals surface area (Å²) in [5, 5.41) is 1.33. The zero-order valence-electron chi connectivity index (χ0n) is 18.6. The molecule has 156 valence electrons. The topological polar surface area (TPSA) is 0 Å². The van der Waals surface area contributed by atoms with Crippen LogP contribution < -0.4 is 9.75 Å². The molecule has 1 aromatic carbocycles. The lowest BCUT2D eigenvalue weighted by molar-refractivity contribution is 0.806. The van der Waals surface area contributed by atoms with Gasteiger partial charge in [-0.2, -0.15) is 0 Å². The molecule has 2 atom stereocenters. The quantitative estimate of drug-likeness (QED) is 0.473. The third kappa shape index (κ3) is 4.89. The summed E-state index contributed by atoms with van der Waals surface area (Å²) < 4.78 is 1.36. The summed E-state index contributed by atoms with van der Waals surface area (Å²) in [6, 6.07) is 10.8. The minimum absolute atomic E-state index is 0.116. The van der Waals surface area contributed by atoms with Crippen LogP contribution in [-0.4, -0.2) is 0 Å². The summed E-state index contributed by atoms with van der Waals surface area (Å²) in [6.45, 7) is 6.59. The summed E-state index contributed by atoms with van der Waals surface area (Å²) >= 11 is 1.93. The molecular weight excluding hydrogens is 392 g/mol. The third-order valence-corrected chi connectivity index (χ3v) is 7.06. The highest BCUT2D eigenvalue weighted by atomic mass is 32.1. The van der Waals surface area contributed by atoms with E-state index in [1.807, 2.05) is 11.3 Å². The van der Waals surface area contributed by atoms with Gasteiger partial charge in [0.05, 0.1) is 0 Å². The van der Waals surface area contributed by atoms with Crippen LogP contribution in [0.25, 0.3) is 18.2 Å². The van der Waals surface area contributed by atoms with Gasteiger partial charge in [0.15, 0.2) is 0 Å². The second-order valence-electron chi connectivity index (χ2n) is 8.44. The lowest BCUT2D eigenvalue weighted by Gasteiger charge is -2.21. The lowest BCUT2D eigenvalue weighted by Crippen LogP contribution is -2.24. The SMILES string of the molecule is C/C=C\C=C/c1c(CC2=CC=C[C@@H](C)C=C2)sc2c1=CC=CC(C)(c1ccccc1)C=2. The Bertz CT molecular complexity index is 1230. The second kappa shape index (κ2) is 9.49. The van der Waals surface area contributed by atoms with Gasteiger partial charge in [0.1, 0.15) is 0 Å². The first-order chi connectivity index (χ1) is 15.1. The molecule has 0 bridgehead atoms. The minimum Gasteiger partial charge on any atom is -0.140 e. The maximum Gasteiger partial charge on any atom is 0.0324 e. The molecule has 0 aliphatic heterocycles. The van der Waals surface area contributed by atoms with Crippen LogP contribution >= 0.6 is 11.3 Å². The number of rotatable bonds is 5. The fourth-order valence-electron chi connectivity index (χ4n) is 4.08. The first kappa shape index (κ1) is 21.3. The smallest absolute Gasteiger partial charge is 0.0324 e. The number of benzene rings is 1. The van der Waals surface area contributed by atoms with E-state index in [0.717, 1.165) is 6.42 Å². The fraction of sp³-hybridized carbons (Fsp3) is 0.200. The van der Waals surface area contributed by atoms with E-state index in [9.17, 15) is 0 Å². The molecule has 2 aromatic rings. The molecule has 0 amide bonds. The number of allylic oxidation sites excluding steroid dienone is 11. The van der Waals surface area contributed by atoms with Crippen LogP contribution in [0.2, 0.25) is 0 Å². The van der Waals surface area contributed by atoms with Crippen molar-refractivity contribution in [1.29, 1.82) is 0 Å². The van der Waals surface area contributed by atoms with Crippen LogP contribution in [0.3, 0.4) is 0 Å². The van der Waals surface area contributed by atoms with Crippen molar-refractivity contribution in [2.75, 3.05) is 0 Å². The maximum atomic E-state index is 2.44. The van der Waals surface area contributed by atoms with Gasteiger partial charge >= 0.3 is 0 Å². The number of hydrogen-bond donors (Lipinski definition) is 0. The third-order valence-electron chi connectivity index (χ3n) is 5.89. The normalized spacial score (nSPS) is 22.7. The van der Waals surface area contributed by atoms with Crippen molar-refractivity contribution in [3.8, 4) is 0 Å². The lowest BCUT2D eigenvalue weighted by atomic mass is 9.82. The Morgan fingerprint density at radius 3 is 2.68 bits per heavy atom. The van der Waals surface area contributed by atoms with Gasteiger partial charge in [-0.15, -0.1) is 11.3 Å². The van der Waals surface area contributed by atoms with Crippen molar-refractivity contribution >= 4 is 29.6 Å². The summed E-state index contributed by atoms with van der Waals surface area (Å²) in [4.78, 5) is 1.42. The van der Waals surface area contributed by atoms with E-state index in [0.29, 0.717) is 5.92 Å². The van der Waals surface area contributed by atoms with Crippen molar-refractivity contribution in [3.63, 3.8) is 0 Å². The van der Waals surface area contributed by atoms with Crippen LogP contribution in [0.15, 0.2) is 96.7 Å². The molecule has 0 nitrogen and oxygen atoms in total. The van der Waals surface area contributed by atoms with Crippen molar-refractivity contribution in [1.82, 2.24) is 0 Å². The summed E-state index contributed by atoms with van der Waals surface area (Å²) in [5.41, 5.74) is 3.91. The van der Waals surface area contributed by atoms with Gasteiger partial charge in [0.25, 0.3) is 0 Å². The van der Waals surface area contributed by atoms with Crippen LogP contribution in [-0.2, 0) is 11.8 Å². The molecular formula is C30H30S. The van der Waals surface area contributed by atoms with Crippen LogP contribution in [0, 0.1) is 5.92 Å². The van der Waals surface area contributed by atoms with E-state index < -0.39 is 0 Å². The Balaban J connectivity index is 1.84. The number of thiophene rings is 1. The monoisotopic (exact) mass is 422 g/mol. The van der Waals surface area contributed by atoms with E-state index in [-0.39, 0.29) is 5.41 Å². The van der Waals surface area contributed by atoms with Gasteiger partial charge in [0, 0.05) is 21.2 Å². The van der Waals surface area contributed by atoms with E-state index in [1.54, 1.807) is 0 Å². The molecule has 0 saturated heterocycles. The highest BCUT2D eigenvalue weighted by Crippen LogP contribution is 2.29. The van der Waals surface area contributed by atoms with Crippen LogP contribution in [0.1, 0.15) is 36.8 Å². The largest absolute Gasteiger partial charge is 0.140 e. The van der Waals surface area contributed by atoms with E-state index in [4.69, 9.17) is 0 Å². The molecule has 2 aliphatic carbocycles. The highest BCUT2D eigenvalue weighted by Gasteiger charge is 2.22. The minimum atomic E-state index is -0.116. The Kier molecular flexibility index (Phi) is 6.53. The summed E-state index contributed by atoms with van der Waals surface area (Å²) in [7, 11) is 0. The Morgan fingerprint density at radius 2 is 1.87 bits per heavy atom. The predicted molar refractivity (Wildman–Crippen MR) is 139 cm³/mol. The molecule has 1 aromatic heterocycles. The van der Waals surface area contributed by atoms with Crippen molar-refractivity contribution in [2.45, 2.75) is 32.6 Å². The molecule has 1 unspecified atom stereocenters. The molecule has 0 N–H and O–H groups in total. The average Bonchev–Trinajstić information content (AvgIpc) is 2.90.